The van der Waals surface area contributed by atoms with Crippen molar-refractivity contribution in [2.24, 2.45) is 11.8 Å². The maximum absolute atomic E-state index is 10.5. The third kappa shape index (κ3) is 1.29. The zero-order valence-corrected chi connectivity index (χ0v) is 6.04. The normalized spacial score (nSPS) is 21.7. The minimum Gasteiger partial charge on any atom is -0.481 e. The van der Waals surface area contributed by atoms with Crippen LogP contribution >= 0.6 is 0 Å². The maximum atomic E-state index is 10.5. The van der Waals surface area contributed by atoms with Crippen LogP contribution in [-0.4, -0.2) is 24.3 Å². The van der Waals surface area contributed by atoms with Gasteiger partial charge in [0.25, 0.3) is 0 Å². The predicted octanol–water partition coefficient (Wildman–Crippen LogP) is 0.744. The largest absolute Gasteiger partial charge is 0.481 e. The molecule has 1 N–H and O–H groups in total. The van der Waals surface area contributed by atoms with Crippen molar-refractivity contribution in [3.63, 3.8) is 0 Å². The van der Waals surface area contributed by atoms with Gasteiger partial charge < -0.3 is 9.84 Å². The first kappa shape index (κ1) is 7.54. The van der Waals surface area contributed by atoms with E-state index in [0.29, 0.717) is 19.6 Å². The fourth-order valence-electron chi connectivity index (χ4n) is 1.20. The molecule has 0 saturated carbocycles. The Kier molecular flexibility index (Phi) is 2.27. The van der Waals surface area contributed by atoms with E-state index in [-0.39, 0.29) is 11.8 Å². The fourth-order valence-corrected chi connectivity index (χ4v) is 1.20. The van der Waals surface area contributed by atoms with Crippen LogP contribution in [0, 0.1) is 11.8 Å². The second-order valence-electron chi connectivity index (χ2n) is 2.65. The number of carbonyl (C=O) groups is 1. The Morgan fingerprint density at radius 3 is 2.50 bits per heavy atom. The lowest BCUT2D eigenvalue weighted by atomic mass is 9.89. The predicted molar refractivity (Wildman–Crippen MR) is 35.7 cm³/mol. The summed E-state index contributed by atoms with van der Waals surface area (Å²) in [5, 5.41) is 8.65. The van der Waals surface area contributed by atoms with Crippen LogP contribution in [0.15, 0.2) is 0 Å². The Hall–Kier alpha value is -0.570. The Morgan fingerprint density at radius 1 is 1.80 bits per heavy atom. The van der Waals surface area contributed by atoms with Crippen molar-refractivity contribution < 1.29 is 14.6 Å². The molecule has 10 heavy (non-hydrogen) atoms. The molecule has 0 radical (unpaired) electrons. The summed E-state index contributed by atoms with van der Waals surface area (Å²) in [5.41, 5.74) is 0. The Morgan fingerprint density at radius 2 is 2.40 bits per heavy atom. The van der Waals surface area contributed by atoms with Crippen molar-refractivity contribution in [2.75, 3.05) is 13.2 Å². The van der Waals surface area contributed by atoms with Crippen LogP contribution in [0.2, 0.25) is 0 Å². The molecular formula is C7H12O3. The molecule has 3 nitrogen and oxygen atoms in total. The first-order valence-corrected chi connectivity index (χ1v) is 3.56. The molecule has 1 unspecified atom stereocenters. The minimum absolute atomic E-state index is 0.186. The molecule has 1 atom stereocenters. The minimum atomic E-state index is -0.684. The van der Waals surface area contributed by atoms with Gasteiger partial charge in [-0.25, -0.2) is 0 Å². The monoisotopic (exact) mass is 144 g/mol. The summed E-state index contributed by atoms with van der Waals surface area (Å²) in [5.74, 6) is -0.605. The van der Waals surface area contributed by atoms with Crippen molar-refractivity contribution in [1.82, 2.24) is 0 Å². The highest BCUT2D eigenvalue weighted by Crippen LogP contribution is 2.23. The van der Waals surface area contributed by atoms with Gasteiger partial charge in [0.05, 0.1) is 19.1 Å². The van der Waals surface area contributed by atoms with Gasteiger partial charge in [0.2, 0.25) is 0 Å². The molecule has 0 aromatic carbocycles. The van der Waals surface area contributed by atoms with Crippen LogP contribution in [0.25, 0.3) is 0 Å². The van der Waals surface area contributed by atoms with E-state index in [0.717, 1.165) is 0 Å². The number of hydrogen-bond donors (Lipinski definition) is 1. The maximum Gasteiger partial charge on any atom is 0.306 e. The van der Waals surface area contributed by atoms with Gasteiger partial charge in [0, 0.05) is 5.92 Å². The smallest absolute Gasteiger partial charge is 0.306 e. The second kappa shape index (κ2) is 3.01. The van der Waals surface area contributed by atoms with E-state index in [1.54, 1.807) is 0 Å². The van der Waals surface area contributed by atoms with E-state index >= 15 is 0 Å². The molecule has 0 aliphatic carbocycles. The lowest BCUT2D eigenvalue weighted by Gasteiger charge is -2.30. The lowest BCUT2D eigenvalue weighted by molar-refractivity contribution is -0.152. The molecule has 0 aromatic rings. The summed E-state index contributed by atoms with van der Waals surface area (Å²) in [6, 6.07) is 0. The summed E-state index contributed by atoms with van der Waals surface area (Å²) in [7, 11) is 0. The lowest BCUT2D eigenvalue weighted by Crippen LogP contribution is -2.37. The molecule has 0 spiro atoms. The summed E-state index contributed by atoms with van der Waals surface area (Å²) < 4.78 is 4.90. The number of aliphatic carboxylic acids is 1. The van der Waals surface area contributed by atoms with Gasteiger partial charge in [0.15, 0.2) is 0 Å². The van der Waals surface area contributed by atoms with E-state index in [1.165, 1.54) is 0 Å². The van der Waals surface area contributed by atoms with Gasteiger partial charge in [-0.15, -0.1) is 0 Å². The molecule has 58 valence electrons. The summed E-state index contributed by atoms with van der Waals surface area (Å²) in [6.45, 7) is 3.16. The standard InChI is InChI=1S/C7H12O3/c1-2-6(7(8)9)5-3-10-4-5/h5-6H,2-4H2,1H3,(H,8,9). The fraction of sp³-hybridized carbons (Fsp3) is 0.857. The molecule has 3 heteroatoms. The van der Waals surface area contributed by atoms with Crippen LogP contribution in [0.1, 0.15) is 13.3 Å². The number of carboxylic acid groups (broad SMARTS) is 1. The van der Waals surface area contributed by atoms with Crippen LogP contribution < -0.4 is 0 Å². The third-order valence-corrected chi connectivity index (χ3v) is 1.99. The zero-order valence-electron chi connectivity index (χ0n) is 6.04. The van der Waals surface area contributed by atoms with E-state index in [4.69, 9.17) is 9.84 Å². The Balaban J connectivity index is 2.39. The molecule has 1 rings (SSSR count). The van der Waals surface area contributed by atoms with Gasteiger partial charge in [-0.05, 0) is 6.42 Å². The highest BCUT2D eigenvalue weighted by Gasteiger charge is 2.31. The molecule has 0 amide bonds. The summed E-state index contributed by atoms with van der Waals surface area (Å²) >= 11 is 0. The van der Waals surface area contributed by atoms with E-state index in [2.05, 4.69) is 0 Å². The van der Waals surface area contributed by atoms with Crippen LogP contribution in [0.3, 0.4) is 0 Å². The van der Waals surface area contributed by atoms with Crippen LogP contribution in [0.4, 0.5) is 0 Å². The topological polar surface area (TPSA) is 46.5 Å². The van der Waals surface area contributed by atoms with Crippen LogP contribution in [0.5, 0.6) is 0 Å². The summed E-state index contributed by atoms with van der Waals surface area (Å²) in [6.07, 6.45) is 0.712. The SMILES string of the molecule is CCC(C(=O)O)C1COC1. The zero-order chi connectivity index (χ0) is 7.56. The van der Waals surface area contributed by atoms with Gasteiger partial charge in [0.1, 0.15) is 0 Å². The van der Waals surface area contributed by atoms with Gasteiger partial charge in [-0.1, -0.05) is 6.92 Å². The first-order chi connectivity index (χ1) is 4.75. The average Bonchev–Trinajstić information content (AvgIpc) is 1.76. The molecular weight excluding hydrogens is 132 g/mol. The number of ether oxygens (including phenoxy) is 1. The quantitative estimate of drug-likeness (QED) is 0.635. The molecule has 1 heterocycles. The van der Waals surface area contributed by atoms with Crippen LogP contribution in [-0.2, 0) is 9.53 Å². The van der Waals surface area contributed by atoms with Gasteiger partial charge in [-0.3, -0.25) is 4.79 Å². The Bertz CT molecular complexity index is 129. The average molecular weight is 144 g/mol. The first-order valence-electron chi connectivity index (χ1n) is 3.56. The number of rotatable bonds is 3. The molecule has 0 aromatic heterocycles. The van der Waals surface area contributed by atoms with Crippen molar-refractivity contribution in [1.29, 1.82) is 0 Å². The van der Waals surface area contributed by atoms with Gasteiger partial charge >= 0.3 is 5.97 Å². The van der Waals surface area contributed by atoms with Crippen molar-refractivity contribution >= 4 is 5.97 Å². The molecule has 1 aliphatic heterocycles. The van der Waals surface area contributed by atoms with E-state index in [1.807, 2.05) is 6.92 Å². The van der Waals surface area contributed by atoms with Crippen molar-refractivity contribution in [3.05, 3.63) is 0 Å². The molecule has 0 bridgehead atoms. The molecule has 1 fully saturated rings. The molecule has 1 aliphatic rings. The number of carboxylic acids is 1. The van der Waals surface area contributed by atoms with E-state index < -0.39 is 5.97 Å². The molecule has 1 saturated heterocycles. The second-order valence-corrected chi connectivity index (χ2v) is 2.65. The summed E-state index contributed by atoms with van der Waals surface area (Å²) in [4.78, 5) is 10.5. The highest BCUT2D eigenvalue weighted by atomic mass is 16.5. The van der Waals surface area contributed by atoms with E-state index in [9.17, 15) is 4.79 Å². The van der Waals surface area contributed by atoms with Crippen molar-refractivity contribution in [2.45, 2.75) is 13.3 Å². The Labute approximate surface area is 60.0 Å². The highest BCUT2D eigenvalue weighted by molar-refractivity contribution is 5.70. The number of hydrogen-bond acceptors (Lipinski definition) is 2. The third-order valence-electron chi connectivity index (χ3n) is 1.99. The van der Waals surface area contributed by atoms with Crippen molar-refractivity contribution in [3.8, 4) is 0 Å². The van der Waals surface area contributed by atoms with Gasteiger partial charge in [-0.2, -0.15) is 0 Å².